The standard InChI is InChI=1S/C33H37N3O4S2/c1-27(35(24-28-12-5-2-6-13-28)25-29-14-7-3-8-15-29)26-40-33(37)34-21-19-31(20-22-34)36(30-16-9-4-10-17-30)42(38,39)32-18-11-23-41-32/h2-18,23,27,31H,19-22,24-26H2,1H3/t27-/m0/s1. The van der Waals surface area contributed by atoms with E-state index in [4.69, 9.17) is 4.74 Å². The summed E-state index contributed by atoms with van der Waals surface area (Å²) >= 11 is 1.22. The molecule has 0 N–H and O–H groups in total. The van der Waals surface area contributed by atoms with Crippen LogP contribution < -0.4 is 4.31 Å². The van der Waals surface area contributed by atoms with E-state index < -0.39 is 10.0 Å². The summed E-state index contributed by atoms with van der Waals surface area (Å²) in [5.41, 5.74) is 3.04. The van der Waals surface area contributed by atoms with Gasteiger partial charge in [-0.1, -0.05) is 84.9 Å². The first-order valence-corrected chi connectivity index (χ1v) is 16.6. The molecule has 5 rings (SSSR count). The predicted octanol–water partition coefficient (Wildman–Crippen LogP) is 6.64. The number of rotatable bonds is 11. The largest absolute Gasteiger partial charge is 0.448 e. The summed E-state index contributed by atoms with van der Waals surface area (Å²) in [5, 5.41) is 1.77. The zero-order valence-corrected chi connectivity index (χ0v) is 25.4. The van der Waals surface area contributed by atoms with Crippen LogP contribution in [0.25, 0.3) is 0 Å². The second-order valence-corrected chi connectivity index (χ2v) is 13.6. The first-order chi connectivity index (χ1) is 20.4. The Morgan fingerprint density at radius 1 is 0.857 bits per heavy atom. The normalized spacial score (nSPS) is 15.0. The lowest BCUT2D eigenvalue weighted by Gasteiger charge is -2.38. The third-order valence-electron chi connectivity index (χ3n) is 7.60. The number of sulfonamides is 1. The van der Waals surface area contributed by atoms with Gasteiger partial charge >= 0.3 is 6.09 Å². The number of para-hydroxylation sites is 1. The number of nitrogens with zero attached hydrogens (tertiary/aromatic N) is 3. The van der Waals surface area contributed by atoms with Gasteiger partial charge in [0.15, 0.2) is 0 Å². The van der Waals surface area contributed by atoms with E-state index in [9.17, 15) is 13.2 Å². The Bertz CT molecular complexity index is 1450. The molecule has 42 heavy (non-hydrogen) atoms. The minimum atomic E-state index is -3.72. The topological polar surface area (TPSA) is 70.2 Å². The van der Waals surface area contributed by atoms with E-state index in [-0.39, 0.29) is 24.8 Å². The van der Waals surface area contributed by atoms with Gasteiger partial charge in [0.05, 0.1) is 5.69 Å². The van der Waals surface area contributed by atoms with Crippen LogP contribution in [0.4, 0.5) is 10.5 Å². The molecule has 0 spiro atoms. The molecule has 3 aromatic carbocycles. The highest BCUT2D eigenvalue weighted by molar-refractivity contribution is 7.94. The highest BCUT2D eigenvalue weighted by Crippen LogP contribution is 2.32. The summed E-state index contributed by atoms with van der Waals surface area (Å²) in [6.45, 7) is 4.69. The molecular formula is C33H37N3O4S2. The third kappa shape index (κ3) is 7.40. The zero-order chi connectivity index (χ0) is 29.4. The maximum atomic E-state index is 13.6. The van der Waals surface area contributed by atoms with E-state index in [1.165, 1.54) is 26.8 Å². The molecule has 1 fully saturated rings. The van der Waals surface area contributed by atoms with E-state index >= 15 is 0 Å². The highest BCUT2D eigenvalue weighted by Gasteiger charge is 2.36. The summed E-state index contributed by atoms with van der Waals surface area (Å²) in [4.78, 5) is 17.1. The van der Waals surface area contributed by atoms with Crippen LogP contribution in [0, 0.1) is 0 Å². The molecule has 1 aromatic heterocycles. The maximum absolute atomic E-state index is 13.6. The van der Waals surface area contributed by atoms with Crippen molar-refractivity contribution in [2.45, 2.75) is 49.1 Å². The van der Waals surface area contributed by atoms with E-state index in [1.807, 2.05) is 66.7 Å². The van der Waals surface area contributed by atoms with E-state index in [0.29, 0.717) is 35.8 Å². The number of benzene rings is 3. The van der Waals surface area contributed by atoms with Crippen molar-refractivity contribution in [2.24, 2.45) is 0 Å². The van der Waals surface area contributed by atoms with Gasteiger partial charge in [0.1, 0.15) is 10.8 Å². The van der Waals surface area contributed by atoms with Crippen molar-refractivity contribution in [3.05, 3.63) is 120 Å². The van der Waals surface area contributed by atoms with Gasteiger partial charge in [0, 0.05) is 38.3 Å². The lowest BCUT2D eigenvalue weighted by atomic mass is 10.0. The average molecular weight is 604 g/mol. The molecule has 9 heteroatoms. The highest BCUT2D eigenvalue weighted by atomic mass is 32.2. The minimum absolute atomic E-state index is 0.00332. The van der Waals surface area contributed by atoms with Crippen molar-refractivity contribution in [3.8, 4) is 0 Å². The van der Waals surface area contributed by atoms with Crippen molar-refractivity contribution in [1.82, 2.24) is 9.80 Å². The number of likely N-dealkylation sites (tertiary alicyclic amines) is 1. The fourth-order valence-electron chi connectivity index (χ4n) is 5.30. The summed E-state index contributed by atoms with van der Waals surface area (Å²) in [5.74, 6) is 0. The number of carbonyl (C=O) groups excluding carboxylic acids is 1. The van der Waals surface area contributed by atoms with Gasteiger partial charge < -0.3 is 9.64 Å². The van der Waals surface area contributed by atoms with Crippen LogP contribution in [0.2, 0.25) is 0 Å². The lowest BCUT2D eigenvalue weighted by molar-refractivity contribution is 0.0592. The first-order valence-electron chi connectivity index (χ1n) is 14.3. The Morgan fingerprint density at radius 2 is 1.40 bits per heavy atom. The Kier molecular flexibility index (Phi) is 9.94. The molecule has 220 valence electrons. The number of carbonyl (C=O) groups is 1. The maximum Gasteiger partial charge on any atom is 0.409 e. The molecule has 1 aliphatic heterocycles. The Morgan fingerprint density at radius 3 is 1.93 bits per heavy atom. The molecule has 0 bridgehead atoms. The zero-order valence-electron chi connectivity index (χ0n) is 23.8. The summed E-state index contributed by atoms with van der Waals surface area (Å²) in [6.07, 6.45) is 0.698. The van der Waals surface area contributed by atoms with Crippen LogP contribution in [-0.2, 0) is 27.8 Å². The Labute approximate surface area is 253 Å². The van der Waals surface area contributed by atoms with Gasteiger partial charge in [-0.05, 0) is 54.5 Å². The van der Waals surface area contributed by atoms with Gasteiger partial charge in [-0.15, -0.1) is 11.3 Å². The molecule has 1 amide bonds. The second-order valence-electron chi connectivity index (χ2n) is 10.6. The summed E-state index contributed by atoms with van der Waals surface area (Å²) in [7, 11) is -3.72. The summed E-state index contributed by atoms with van der Waals surface area (Å²) in [6, 6.07) is 33.0. The van der Waals surface area contributed by atoms with E-state index in [2.05, 4.69) is 36.1 Å². The molecule has 4 aromatic rings. The molecule has 0 aliphatic carbocycles. The number of hydrogen-bond donors (Lipinski definition) is 0. The van der Waals surface area contributed by atoms with Crippen LogP contribution >= 0.6 is 11.3 Å². The van der Waals surface area contributed by atoms with Crippen molar-refractivity contribution in [1.29, 1.82) is 0 Å². The number of piperidine rings is 1. The fourth-order valence-corrected chi connectivity index (χ4v) is 8.09. The molecule has 1 atom stereocenters. The molecule has 1 aliphatic rings. The van der Waals surface area contributed by atoms with Gasteiger partial charge in [-0.2, -0.15) is 0 Å². The number of thiophene rings is 1. The summed E-state index contributed by atoms with van der Waals surface area (Å²) < 4.78 is 35.0. The Hall–Kier alpha value is -3.66. The smallest absolute Gasteiger partial charge is 0.409 e. The number of hydrogen-bond acceptors (Lipinski definition) is 6. The van der Waals surface area contributed by atoms with Crippen LogP contribution in [0.15, 0.2) is 113 Å². The molecule has 0 saturated carbocycles. The number of anilines is 1. The van der Waals surface area contributed by atoms with Gasteiger partial charge in [0.2, 0.25) is 0 Å². The van der Waals surface area contributed by atoms with Crippen LogP contribution in [0.1, 0.15) is 30.9 Å². The fraction of sp³-hybridized carbons (Fsp3) is 0.303. The molecule has 1 saturated heterocycles. The SMILES string of the molecule is C[C@@H](COC(=O)N1CCC(N(c2ccccc2)S(=O)(=O)c2cccs2)CC1)N(Cc1ccccc1)Cc1ccccc1. The van der Waals surface area contributed by atoms with Crippen molar-refractivity contribution >= 4 is 33.1 Å². The Balaban J connectivity index is 1.20. The third-order valence-corrected chi connectivity index (χ3v) is 10.9. The molecule has 7 nitrogen and oxygen atoms in total. The van der Waals surface area contributed by atoms with Crippen molar-refractivity contribution in [2.75, 3.05) is 24.0 Å². The van der Waals surface area contributed by atoms with Crippen molar-refractivity contribution < 1.29 is 17.9 Å². The van der Waals surface area contributed by atoms with Gasteiger partial charge in [-0.3, -0.25) is 9.21 Å². The van der Waals surface area contributed by atoms with E-state index in [0.717, 1.165) is 13.1 Å². The molecular weight excluding hydrogens is 567 g/mol. The monoisotopic (exact) mass is 603 g/mol. The van der Waals surface area contributed by atoms with Crippen LogP contribution in [-0.4, -0.2) is 56.1 Å². The quantitative estimate of drug-likeness (QED) is 0.192. The second kappa shape index (κ2) is 14.0. The lowest BCUT2D eigenvalue weighted by Crippen LogP contribution is -2.49. The van der Waals surface area contributed by atoms with Crippen molar-refractivity contribution in [3.63, 3.8) is 0 Å². The molecule has 2 heterocycles. The minimum Gasteiger partial charge on any atom is -0.448 e. The number of amides is 1. The van der Waals surface area contributed by atoms with Gasteiger partial charge in [-0.25, -0.2) is 13.2 Å². The molecule has 0 radical (unpaired) electrons. The predicted molar refractivity (Wildman–Crippen MR) is 168 cm³/mol. The van der Waals surface area contributed by atoms with Crippen LogP contribution in [0.3, 0.4) is 0 Å². The first kappa shape index (κ1) is 29.8. The molecule has 0 unspecified atom stereocenters. The average Bonchev–Trinajstić information content (AvgIpc) is 3.58. The number of ether oxygens (including phenoxy) is 1. The van der Waals surface area contributed by atoms with Gasteiger partial charge in [0.25, 0.3) is 10.0 Å². The van der Waals surface area contributed by atoms with Crippen LogP contribution in [0.5, 0.6) is 0 Å². The van der Waals surface area contributed by atoms with E-state index in [1.54, 1.807) is 22.4 Å².